The average Bonchev–Trinajstić information content (AvgIpc) is 2.91. The second-order valence-electron chi connectivity index (χ2n) is 3.80. The van der Waals surface area contributed by atoms with Crippen molar-refractivity contribution < 1.29 is 22.7 Å². The standard InChI is InChI=1S/C12H12N2O5S/c1-2-14(9-5-7-13-8-6-9)20(17,18)11-4-3-10(19-11)12(15)16/h3-8H,2H2,1H3,(H,15,16). The summed E-state index contributed by atoms with van der Waals surface area (Å²) in [6.07, 6.45) is 2.94. The molecule has 7 nitrogen and oxygen atoms in total. The van der Waals surface area contributed by atoms with Crippen LogP contribution in [0, 0.1) is 0 Å². The van der Waals surface area contributed by atoms with Crippen LogP contribution in [0.15, 0.2) is 46.2 Å². The average molecular weight is 296 g/mol. The SMILES string of the molecule is CCN(c1ccncc1)S(=O)(=O)c1ccc(C(=O)O)o1. The number of hydrogen-bond donors (Lipinski definition) is 1. The molecule has 0 aliphatic rings. The van der Waals surface area contributed by atoms with Gasteiger partial charge < -0.3 is 9.52 Å². The number of carboxylic acid groups (broad SMARTS) is 1. The quantitative estimate of drug-likeness (QED) is 0.899. The van der Waals surface area contributed by atoms with Crippen LogP contribution in [-0.4, -0.2) is 31.0 Å². The van der Waals surface area contributed by atoms with Gasteiger partial charge in [-0.1, -0.05) is 0 Å². The van der Waals surface area contributed by atoms with E-state index in [4.69, 9.17) is 9.52 Å². The Bertz CT molecular complexity index is 708. The van der Waals surface area contributed by atoms with Crippen LogP contribution in [0.3, 0.4) is 0 Å². The van der Waals surface area contributed by atoms with Crippen LogP contribution in [0.2, 0.25) is 0 Å². The van der Waals surface area contributed by atoms with Crippen LogP contribution in [0.1, 0.15) is 17.5 Å². The predicted octanol–water partition coefficient (Wildman–Crippen LogP) is 1.59. The predicted molar refractivity (Wildman–Crippen MR) is 70.1 cm³/mol. The van der Waals surface area contributed by atoms with Crippen molar-refractivity contribution in [2.45, 2.75) is 12.0 Å². The minimum Gasteiger partial charge on any atom is -0.475 e. The van der Waals surface area contributed by atoms with Gasteiger partial charge in [-0.2, -0.15) is 8.42 Å². The van der Waals surface area contributed by atoms with E-state index in [0.29, 0.717) is 5.69 Å². The van der Waals surface area contributed by atoms with Crippen molar-refractivity contribution in [3.63, 3.8) is 0 Å². The first-order chi connectivity index (χ1) is 9.46. The summed E-state index contributed by atoms with van der Waals surface area (Å²) < 4.78 is 30.8. The smallest absolute Gasteiger partial charge is 0.371 e. The molecule has 106 valence electrons. The molecule has 1 N–H and O–H groups in total. The maximum atomic E-state index is 12.4. The number of rotatable bonds is 5. The summed E-state index contributed by atoms with van der Waals surface area (Å²) in [5.41, 5.74) is 0.427. The second-order valence-corrected chi connectivity index (χ2v) is 5.59. The molecule has 0 radical (unpaired) electrons. The molecular formula is C12H12N2O5S. The Kier molecular flexibility index (Phi) is 3.75. The van der Waals surface area contributed by atoms with Gasteiger partial charge in [-0.15, -0.1) is 0 Å². The van der Waals surface area contributed by atoms with E-state index in [2.05, 4.69) is 4.98 Å². The van der Waals surface area contributed by atoms with Crippen LogP contribution in [0.4, 0.5) is 5.69 Å². The highest BCUT2D eigenvalue weighted by Crippen LogP contribution is 2.24. The van der Waals surface area contributed by atoms with E-state index in [1.165, 1.54) is 12.4 Å². The van der Waals surface area contributed by atoms with Crippen LogP contribution in [0.5, 0.6) is 0 Å². The number of carbonyl (C=O) groups is 1. The van der Waals surface area contributed by atoms with E-state index < -0.39 is 26.8 Å². The minimum absolute atomic E-state index is 0.176. The molecule has 0 saturated carbocycles. The topological polar surface area (TPSA) is 101 Å². The first-order valence-corrected chi connectivity index (χ1v) is 7.16. The maximum absolute atomic E-state index is 12.4. The van der Waals surface area contributed by atoms with Gasteiger partial charge in [0.2, 0.25) is 10.9 Å². The van der Waals surface area contributed by atoms with Crippen molar-refractivity contribution >= 4 is 21.7 Å². The third-order valence-corrected chi connectivity index (χ3v) is 4.35. The van der Waals surface area contributed by atoms with Crippen LogP contribution < -0.4 is 4.31 Å². The molecule has 0 fully saturated rings. The molecule has 8 heteroatoms. The van der Waals surface area contributed by atoms with Gasteiger partial charge >= 0.3 is 5.97 Å². The fourth-order valence-corrected chi connectivity index (χ4v) is 3.08. The van der Waals surface area contributed by atoms with Gasteiger partial charge in [0, 0.05) is 18.9 Å². The summed E-state index contributed by atoms with van der Waals surface area (Å²) >= 11 is 0. The summed E-state index contributed by atoms with van der Waals surface area (Å²) in [4.78, 5) is 14.6. The first-order valence-electron chi connectivity index (χ1n) is 5.72. The van der Waals surface area contributed by atoms with Crippen molar-refractivity contribution in [2.24, 2.45) is 0 Å². The Labute approximate surface area is 115 Å². The van der Waals surface area contributed by atoms with Gasteiger partial charge in [-0.25, -0.2) is 4.79 Å². The molecule has 0 saturated heterocycles. The summed E-state index contributed by atoms with van der Waals surface area (Å²) in [5.74, 6) is -1.74. The zero-order chi connectivity index (χ0) is 14.8. The van der Waals surface area contributed by atoms with Gasteiger partial charge in [0.1, 0.15) is 0 Å². The molecule has 0 aliphatic heterocycles. The van der Waals surface area contributed by atoms with E-state index in [-0.39, 0.29) is 6.54 Å². The number of sulfonamides is 1. The first kappa shape index (κ1) is 14.1. The monoisotopic (exact) mass is 296 g/mol. The van der Waals surface area contributed by atoms with Gasteiger partial charge in [0.15, 0.2) is 0 Å². The lowest BCUT2D eigenvalue weighted by Crippen LogP contribution is -2.30. The summed E-state index contributed by atoms with van der Waals surface area (Å²) in [5, 5.41) is 8.36. The molecule has 2 aromatic rings. The van der Waals surface area contributed by atoms with Crippen molar-refractivity contribution in [2.75, 3.05) is 10.8 Å². The number of furan rings is 1. The number of anilines is 1. The molecule has 0 unspecified atom stereocenters. The number of aromatic carboxylic acids is 1. The highest BCUT2D eigenvalue weighted by Gasteiger charge is 2.28. The molecule has 2 aromatic heterocycles. The Hall–Kier alpha value is -2.35. The Morgan fingerprint density at radius 3 is 2.45 bits per heavy atom. The summed E-state index contributed by atoms with van der Waals surface area (Å²) in [7, 11) is -3.94. The van der Waals surface area contributed by atoms with E-state index in [0.717, 1.165) is 16.4 Å². The largest absolute Gasteiger partial charge is 0.475 e. The molecular weight excluding hydrogens is 284 g/mol. The van der Waals surface area contributed by atoms with Crippen LogP contribution in [-0.2, 0) is 10.0 Å². The van der Waals surface area contributed by atoms with Gasteiger partial charge in [0.05, 0.1) is 5.69 Å². The van der Waals surface area contributed by atoms with Crippen LogP contribution >= 0.6 is 0 Å². The van der Waals surface area contributed by atoms with Gasteiger partial charge in [0.25, 0.3) is 10.0 Å². The fraction of sp³-hybridized carbons (Fsp3) is 0.167. The van der Waals surface area contributed by atoms with Crippen molar-refractivity contribution in [3.05, 3.63) is 42.4 Å². The number of carboxylic acids is 1. The normalized spacial score (nSPS) is 11.2. The lowest BCUT2D eigenvalue weighted by Gasteiger charge is -2.20. The molecule has 0 spiro atoms. The third kappa shape index (κ3) is 2.50. The number of pyridine rings is 1. The lowest BCUT2D eigenvalue weighted by molar-refractivity contribution is 0.0656. The minimum atomic E-state index is -3.94. The highest BCUT2D eigenvalue weighted by atomic mass is 32.2. The van der Waals surface area contributed by atoms with E-state index in [9.17, 15) is 13.2 Å². The molecule has 2 rings (SSSR count). The lowest BCUT2D eigenvalue weighted by atomic mass is 10.4. The Morgan fingerprint density at radius 1 is 1.30 bits per heavy atom. The zero-order valence-corrected chi connectivity index (χ0v) is 11.4. The van der Waals surface area contributed by atoms with E-state index >= 15 is 0 Å². The van der Waals surface area contributed by atoms with Crippen LogP contribution in [0.25, 0.3) is 0 Å². The molecule has 0 amide bonds. The van der Waals surface area contributed by atoms with Crippen molar-refractivity contribution in [1.82, 2.24) is 4.98 Å². The fourth-order valence-electron chi connectivity index (χ4n) is 1.68. The Morgan fingerprint density at radius 2 is 1.95 bits per heavy atom. The molecule has 20 heavy (non-hydrogen) atoms. The molecule has 0 atom stereocenters. The highest BCUT2D eigenvalue weighted by molar-refractivity contribution is 7.92. The summed E-state index contributed by atoms with van der Waals surface area (Å²) in [6.45, 7) is 1.84. The third-order valence-electron chi connectivity index (χ3n) is 2.57. The van der Waals surface area contributed by atoms with E-state index in [1.807, 2.05) is 0 Å². The van der Waals surface area contributed by atoms with Gasteiger partial charge in [-0.3, -0.25) is 9.29 Å². The number of aromatic nitrogens is 1. The number of hydrogen-bond acceptors (Lipinski definition) is 5. The van der Waals surface area contributed by atoms with Crippen molar-refractivity contribution in [3.8, 4) is 0 Å². The molecule has 0 bridgehead atoms. The van der Waals surface area contributed by atoms with Gasteiger partial charge in [-0.05, 0) is 31.2 Å². The maximum Gasteiger partial charge on any atom is 0.371 e. The number of nitrogens with zero attached hydrogens (tertiary/aromatic N) is 2. The molecule has 0 aliphatic carbocycles. The molecule has 0 aromatic carbocycles. The Balaban J connectivity index is 2.44. The second kappa shape index (κ2) is 5.33. The van der Waals surface area contributed by atoms with Crippen molar-refractivity contribution in [1.29, 1.82) is 0 Å². The summed E-state index contributed by atoms with van der Waals surface area (Å²) in [6, 6.07) is 5.32. The zero-order valence-electron chi connectivity index (χ0n) is 10.6. The molecule has 2 heterocycles. The van der Waals surface area contributed by atoms with E-state index in [1.54, 1.807) is 19.1 Å².